The lowest BCUT2D eigenvalue weighted by Crippen LogP contribution is -2.17. The molecule has 3 N–H and O–H groups in total. The van der Waals surface area contributed by atoms with Gasteiger partial charge in [0, 0.05) is 11.3 Å². The Hall–Kier alpha value is -1.65. The van der Waals surface area contributed by atoms with E-state index in [0.717, 1.165) is 36.9 Å². The minimum Gasteiger partial charge on any atom is -0.481 e. The minimum absolute atomic E-state index is 0.325. The molecule has 86 valence electrons. The molecule has 16 heavy (non-hydrogen) atoms. The van der Waals surface area contributed by atoms with Crippen LogP contribution < -0.4 is 5.73 Å². The van der Waals surface area contributed by atoms with Gasteiger partial charge in [0.25, 0.3) is 0 Å². The first kappa shape index (κ1) is 10.9. The van der Waals surface area contributed by atoms with Crippen LogP contribution in [0.15, 0.2) is 0 Å². The first-order valence-corrected chi connectivity index (χ1v) is 5.47. The van der Waals surface area contributed by atoms with Crippen molar-refractivity contribution in [2.24, 2.45) is 0 Å². The number of fused-ring (bicyclic) bond motifs is 1. The standard InChI is InChI=1S/C11H15N3O2/c1-6(11(15)16)10-13-8-5-3-2-4-7(8)9(12)14-10/h6H,2-5H2,1H3,(H,15,16)(H2,12,13,14). The van der Waals surface area contributed by atoms with Gasteiger partial charge in [0.05, 0.1) is 0 Å². The Labute approximate surface area is 93.7 Å². The van der Waals surface area contributed by atoms with Crippen molar-refractivity contribution in [1.29, 1.82) is 0 Å². The van der Waals surface area contributed by atoms with Crippen LogP contribution in [-0.2, 0) is 17.6 Å². The molecule has 1 aliphatic rings. The number of carboxylic acid groups (broad SMARTS) is 1. The van der Waals surface area contributed by atoms with Gasteiger partial charge in [0.15, 0.2) is 0 Å². The third kappa shape index (κ3) is 1.85. The number of aryl methyl sites for hydroxylation is 1. The highest BCUT2D eigenvalue weighted by molar-refractivity contribution is 5.74. The number of aliphatic carboxylic acids is 1. The number of hydrogen-bond acceptors (Lipinski definition) is 4. The van der Waals surface area contributed by atoms with Crippen LogP contribution in [0.25, 0.3) is 0 Å². The van der Waals surface area contributed by atoms with Crippen molar-refractivity contribution in [2.45, 2.75) is 38.5 Å². The maximum atomic E-state index is 10.9. The molecule has 0 spiro atoms. The summed E-state index contributed by atoms with van der Waals surface area (Å²) >= 11 is 0. The fourth-order valence-electron chi connectivity index (χ4n) is 1.95. The quantitative estimate of drug-likeness (QED) is 0.781. The van der Waals surface area contributed by atoms with Crippen molar-refractivity contribution in [2.75, 3.05) is 5.73 Å². The normalized spacial score (nSPS) is 16.6. The number of nitrogen functional groups attached to an aromatic ring is 1. The van der Waals surface area contributed by atoms with Gasteiger partial charge in [-0.15, -0.1) is 0 Å². The number of hydrogen-bond donors (Lipinski definition) is 2. The van der Waals surface area contributed by atoms with E-state index in [1.165, 1.54) is 0 Å². The van der Waals surface area contributed by atoms with Gasteiger partial charge in [0.2, 0.25) is 0 Å². The number of carboxylic acids is 1. The molecule has 0 fully saturated rings. The monoisotopic (exact) mass is 221 g/mol. The zero-order chi connectivity index (χ0) is 11.7. The predicted octanol–water partition coefficient (Wildman–Crippen LogP) is 1.13. The summed E-state index contributed by atoms with van der Waals surface area (Å²) in [7, 11) is 0. The molecule has 1 unspecified atom stereocenters. The smallest absolute Gasteiger partial charge is 0.313 e. The second-order valence-corrected chi connectivity index (χ2v) is 4.16. The number of rotatable bonds is 2. The van der Waals surface area contributed by atoms with E-state index in [-0.39, 0.29) is 0 Å². The lowest BCUT2D eigenvalue weighted by Gasteiger charge is -2.18. The van der Waals surface area contributed by atoms with E-state index in [9.17, 15) is 4.79 Å². The number of nitrogens with zero attached hydrogens (tertiary/aromatic N) is 2. The summed E-state index contributed by atoms with van der Waals surface area (Å²) in [6, 6.07) is 0. The van der Waals surface area contributed by atoms with E-state index >= 15 is 0 Å². The lowest BCUT2D eigenvalue weighted by molar-refractivity contribution is -0.138. The second-order valence-electron chi connectivity index (χ2n) is 4.16. The molecule has 0 aliphatic heterocycles. The molecule has 0 radical (unpaired) electrons. The van der Waals surface area contributed by atoms with E-state index in [0.29, 0.717) is 11.6 Å². The number of anilines is 1. The van der Waals surface area contributed by atoms with Gasteiger partial charge < -0.3 is 10.8 Å². The summed E-state index contributed by atoms with van der Waals surface area (Å²) in [6.45, 7) is 1.58. The third-order valence-electron chi connectivity index (χ3n) is 2.99. The fraction of sp³-hybridized carbons (Fsp3) is 0.545. The van der Waals surface area contributed by atoms with Gasteiger partial charge in [-0.3, -0.25) is 4.79 Å². The second kappa shape index (κ2) is 4.08. The highest BCUT2D eigenvalue weighted by Crippen LogP contribution is 2.25. The molecule has 0 aromatic carbocycles. The van der Waals surface area contributed by atoms with Crippen LogP contribution in [0.3, 0.4) is 0 Å². The van der Waals surface area contributed by atoms with Crippen LogP contribution in [0.5, 0.6) is 0 Å². The molecule has 0 bridgehead atoms. The van der Waals surface area contributed by atoms with Crippen molar-refractivity contribution in [3.05, 3.63) is 17.1 Å². The molecular weight excluding hydrogens is 206 g/mol. The first-order valence-electron chi connectivity index (χ1n) is 5.47. The van der Waals surface area contributed by atoms with Gasteiger partial charge in [-0.1, -0.05) is 0 Å². The Morgan fingerprint density at radius 2 is 2.06 bits per heavy atom. The van der Waals surface area contributed by atoms with Crippen molar-refractivity contribution in [3.8, 4) is 0 Å². The zero-order valence-electron chi connectivity index (χ0n) is 9.23. The summed E-state index contributed by atoms with van der Waals surface area (Å²) in [5, 5.41) is 8.91. The third-order valence-corrected chi connectivity index (χ3v) is 2.99. The summed E-state index contributed by atoms with van der Waals surface area (Å²) in [6.07, 6.45) is 3.98. The Kier molecular flexibility index (Phi) is 2.77. The summed E-state index contributed by atoms with van der Waals surface area (Å²) in [4.78, 5) is 19.3. The van der Waals surface area contributed by atoms with Crippen LogP contribution in [-0.4, -0.2) is 21.0 Å². The van der Waals surface area contributed by atoms with Crippen molar-refractivity contribution >= 4 is 11.8 Å². The van der Waals surface area contributed by atoms with Crippen LogP contribution in [0.4, 0.5) is 5.82 Å². The molecule has 1 aromatic heterocycles. The molecule has 0 saturated carbocycles. The van der Waals surface area contributed by atoms with Gasteiger partial charge in [0.1, 0.15) is 17.6 Å². The Balaban J connectivity index is 2.42. The molecular formula is C11H15N3O2. The SMILES string of the molecule is CC(C(=O)O)c1nc(N)c2c(n1)CCCC2. The van der Waals surface area contributed by atoms with E-state index in [4.69, 9.17) is 10.8 Å². The van der Waals surface area contributed by atoms with E-state index < -0.39 is 11.9 Å². The molecule has 5 heteroatoms. The largest absolute Gasteiger partial charge is 0.481 e. The fourth-order valence-corrected chi connectivity index (χ4v) is 1.95. The van der Waals surface area contributed by atoms with Crippen LogP contribution in [0.1, 0.15) is 42.8 Å². The van der Waals surface area contributed by atoms with E-state index in [1.807, 2.05) is 0 Å². The molecule has 2 rings (SSSR count). The van der Waals surface area contributed by atoms with Gasteiger partial charge in [-0.25, -0.2) is 9.97 Å². The molecule has 1 heterocycles. The van der Waals surface area contributed by atoms with Gasteiger partial charge >= 0.3 is 5.97 Å². The molecule has 0 saturated heterocycles. The Bertz CT molecular complexity index is 431. The van der Waals surface area contributed by atoms with E-state index in [2.05, 4.69) is 9.97 Å². The average Bonchev–Trinajstić information content (AvgIpc) is 2.28. The van der Waals surface area contributed by atoms with Crippen molar-refractivity contribution < 1.29 is 9.90 Å². The molecule has 0 amide bonds. The molecule has 1 aromatic rings. The average molecular weight is 221 g/mol. The molecule has 1 atom stereocenters. The zero-order valence-corrected chi connectivity index (χ0v) is 9.23. The van der Waals surface area contributed by atoms with Crippen LogP contribution >= 0.6 is 0 Å². The first-order chi connectivity index (χ1) is 7.59. The maximum absolute atomic E-state index is 10.9. The number of nitrogens with two attached hydrogens (primary N) is 1. The lowest BCUT2D eigenvalue weighted by atomic mass is 9.96. The Morgan fingerprint density at radius 1 is 1.38 bits per heavy atom. The minimum atomic E-state index is -0.921. The van der Waals surface area contributed by atoms with E-state index in [1.54, 1.807) is 6.92 Å². The predicted molar refractivity (Wildman–Crippen MR) is 59.1 cm³/mol. The molecule has 1 aliphatic carbocycles. The number of carbonyl (C=O) groups is 1. The van der Waals surface area contributed by atoms with Gasteiger partial charge in [-0.2, -0.15) is 0 Å². The van der Waals surface area contributed by atoms with Crippen molar-refractivity contribution in [1.82, 2.24) is 9.97 Å². The summed E-state index contributed by atoms with van der Waals surface area (Å²) < 4.78 is 0. The topological polar surface area (TPSA) is 89.1 Å². The maximum Gasteiger partial charge on any atom is 0.313 e. The van der Waals surface area contributed by atoms with Crippen LogP contribution in [0, 0.1) is 0 Å². The summed E-state index contributed by atoms with van der Waals surface area (Å²) in [5.41, 5.74) is 7.78. The summed E-state index contributed by atoms with van der Waals surface area (Å²) in [5.74, 6) is -0.844. The molecule has 5 nitrogen and oxygen atoms in total. The highest BCUT2D eigenvalue weighted by Gasteiger charge is 2.22. The van der Waals surface area contributed by atoms with Crippen molar-refractivity contribution in [3.63, 3.8) is 0 Å². The number of aromatic nitrogens is 2. The highest BCUT2D eigenvalue weighted by atomic mass is 16.4. The Morgan fingerprint density at radius 3 is 2.75 bits per heavy atom. The van der Waals surface area contributed by atoms with Gasteiger partial charge in [-0.05, 0) is 32.6 Å². The van der Waals surface area contributed by atoms with Crippen LogP contribution in [0.2, 0.25) is 0 Å².